The molecule has 0 saturated carbocycles. The van der Waals surface area contributed by atoms with Crippen LogP contribution in [-0.2, 0) is 25.7 Å². The quantitative estimate of drug-likeness (QED) is 0.0584. The van der Waals surface area contributed by atoms with Crippen molar-refractivity contribution in [2.75, 3.05) is 18.4 Å². The molecule has 202 valence electrons. The van der Waals surface area contributed by atoms with Gasteiger partial charge in [-0.1, -0.05) is 12.1 Å². The van der Waals surface area contributed by atoms with E-state index in [9.17, 15) is 34.1 Å². The molecule has 15 nitrogen and oxygen atoms in total. The summed E-state index contributed by atoms with van der Waals surface area (Å²) in [7, 11) is 0. The first-order valence-corrected chi connectivity index (χ1v) is 11.2. The number of carbonyl (C=O) groups excluding carboxylic acids is 5. The number of non-ortho nitro benzene ring substituents is 1. The van der Waals surface area contributed by atoms with Gasteiger partial charge in [0.2, 0.25) is 18.2 Å². The average Bonchev–Trinajstić information content (AvgIpc) is 2.89. The summed E-state index contributed by atoms with van der Waals surface area (Å²) in [6.45, 7) is -0.258. The summed E-state index contributed by atoms with van der Waals surface area (Å²) in [5, 5.41) is 20.4. The highest BCUT2D eigenvalue weighted by Gasteiger charge is 2.20. The van der Waals surface area contributed by atoms with E-state index in [4.69, 9.17) is 15.2 Å². The minimum atomic E-state index is -1.01. The van der Waals surface area contributed by atoms with Gasteiger partial charge in [-0.2, -0.15) is 0 Å². The van der Waals surface area contributed by atoms with Crippen molar-refractivity contribution in [2.45, 2.75) is 25.5 Å². The van der Waals surface area contributed by atoms with Crippen LogP contribution < -0.4 is 31.7 Å². The second kappa shape index (κ2) is 15.0. The highest BCUT2D eigenvalue weighted by molar-refractivity contribution is 5.97. The predicted octanol–water partition coefficient (Wildman–Crippen LogP) is 0.928. The van der Waals surface area contributed by atoms with Crippen LogP contribution in [-0.4, -0.2) is 54.5 Å². The van der Waals surface area contributed by atoms with Crippen LogP contribution >= 0.6 is 0 Å². The van der Waals surface area contributed by atoms with E-state index >= 15 is 0 Å². The lowest BCUT2D eigenvalue weighted by atomic mass is 10.1. The van der Waals surface area contributed by atoms with E-state index in [-0.39, 0.29) is 37.6 Å². The van der Waals surface area contributed by atoms with Crippen molar-refractivity contribution >= 4 is 41.8 Å². The Bertz CT molecular complexity index is 1140. The summed E-state index contributed by atoms with van der Waals surface area (Å²) in [5.74, 6) is -1.03. The third kappa shape index (κ3) is 10.6. The van der Waals surface area contributed by atoms with Gasteiger partial charge in [-0.05, 0) is 42.7 Å². The molecule has 1 atom stereocenters. The topological polar surface area (TPSA) is 221 Å². The molecule has 0 aromatic heterocycles. The summed E-state index contributed by atoms with van der Waals surface area (Å²) in [4.78, 5) is 67.8. The van der Waals surface area contributed by atoms with Crippen molar-refractivity contribution in [3.8, 4) is 5.75 Å². The Morgan fingerprint density at radius 2 is 1.74 bits per heavy atom. The molecule has 0 radical (unpaired) electrons. The number of nitro benzene ring substituents is 1. The Morgan fingerprint density at radius 3 is 2.34 bits per heavy atom. The number of ether oxygens (including phenoxy) is 2. The summed E-state index contributed by atoms with van der Waals surface area (Å²) < 4.78 is 9.97. The second-order valence-electron chi connectivity index (χ2n) is 7.63. The van der Waals surface area contributed by atoms with Crippen LogP contribution in [0.5, 0.6) is 5.75 Å². The number of benzene rings is 2. The van der Waals surface area contributed by atoms with Gasteiger partial charge >= 0.3 is 12.2 Å². The van der Waals surface area contributed by atoms with E-state index in [1.807, 2.05) is 0 Å². The molecule has 6 N–H and O–H groups in total. The molecule has 0 saturated heterocycles. The Kier molecular flexibility index (Phi) is 11.5. The fourth-order valence-electron chi connectivity index (χ4n) is 2.98. The summed E-state index contributed by atoms with van der Waals surface area (Å²) in [6, 6.07) is 9.52. The van der Waals surface area contributed by atoms with Crippen LogP contribution in [0.4, 0.5) is 21.0 Å². The largest absolute Gasteiger partial charge is 0.514 e. The average molecular weight is 530 g/mol. The van der Waals surface area contributed by atoms with Gasteiger partial charge in [0.25, 0.3) is 5.69 Å². The summed E-state index contributed by atoms with van der Waals surface area (Å²) in [6.07, 6.45) is -0.132. The van der Waals surface area contributed by atoms with Crippen LogP contribution in [0, 0.1) is 10.1 Å². The highest BCUT2D eigenvalue weighted by Crippen LogP contribution is 2.18. The molecule has 2 rings (SSSR count). The number of carbonyl (C=O) groups is 5. The molecular formula is C23H26N6O9. The number of nitro groups is 1. The lowest BCUT2D eigenvalue weighted by Gasteiger charge is -2.18. The molecule has 5 amide bonds. The monoisotopic (exact) mass is 530 g/mol. The van der Waals surface area contributed by atoms with E-state index in [1.165, 1.54) is 24.3 Å². The smallest absolute Gasteiger partial charge is 0.429 e. The number of urea groups is 1. The van der Waals surface area contributed by atoms with Crippen LogP contribution in [0.3, 0.4) is 0 Å². The number of nitrogens with two attached hydrogens (primary N) is 1. The van der Waals surface area contributed by atoms with Crippen LogP contribution in [0.1, 0.15) is 18.4 Å². The number of primary amides is 1. The zero-order chi connectivity index (χ0) is 27.9. The van der Waals surface area contributed by atoms with Crippen molar-refractivity contribution < 1.29 is 38.4 Å². The maximum Gasteiger partial charge on any atom is 0.514 e. The first kappa shape index (κ1) is 29.0. The van der Waals surface area contributed by atoms with Gasteiger partial charge in [-0.3, -0.25) is 24.5 Å². The molecule has 1 unspecified atom stereocenters. The van der Waals surface area contributed by atoms with Gasteiger partial charge in [0.15, 0.2) is 0 Å². The van der Waals surface area contributed by atoms with Crippen molar-refractivity contribution in [3.63, 3.8) is 0 Å². The minimum Gasteiger partial charge on any atom is -0.429 e. The molecule has 0 aliphatic heterocycles. The number of amides is 5. The number of nitrogens with one attached hydrogen (secondary N) is 4. The molecule has 0 aliphatic rings. The predicted molar refractivity (Wildman–Crippen MR) is 132 cm³/mol. The standard InChI is InChI=1S/C23H26N6O9/c24-22(33)26-11-1-2-19(28-20(31)12-25-14-30)21(32)27-16-5-3-15(4-6-16)13-37-23(34)38-18-9-7-17(8-10-18)29(35)36/h3-10,14,19H,1-2,11-13H2,(H,25,30)(H,27,32)(H,28,31)(H3,24,26,33). The maximum atomic E-state index is 12.7. The lowest BCUT2D eigenvalue weighted by Crippen LogP contribution is -2.47. The van der Waals surface area contributed by atoms with Crippen LogP contribution in [0.15, 0.2) is 48.5 Å². The Morgan fingerprint density at radius 1 is 1.05 bits per heavy atom. The molecule has 2 aromatic carbocycles. The minimum absolute atomic E-state index is 0.0765. The maximum absolute atomic E-state index is 12.7. The van der Waals surface area contributed by atoms with Gasteiger partial charge < -0.3 is 36.5 Å². The molecular weight excluding hydrogens is 504 g/mol. The fraction of sp³-hybridized carbons (Fsp3) is 0.261. The van der Waals surface area contributed by atoms with Crippen LogP contribution in [0.25, 0.3) is 0 Å². The van der Waals surface area contributed by atoms with E-state index < -0.39 is 35.0 Å². The highest BCUT2D eigenvalue weighted by atomic mass is 16.7. The molecule has 2 aromatic rings. The molecule has 0 heterocycles. The van der Waals surface area contributed by atoms with Crippen molar-refractivity contribution in [2.24, 2.45) is 5.73 Å². The van der Waals surface area contributed by atoms with E-state index in [0.29, 0.717) is 24.1 Å². The number of hydrogen-bond donors (Lipinski definition) is 5. The van der Waals surface area contributed by atoms with E-state index in [2.05, 4.69) is 21.3 Å². The molecule has 0 spiro atoms. The van der Waals surface area contributed by atoms with Crippen molar-refractivity contribution in [1.82, 2.24) is 16.0 Å². The number of rotatable bonds is 14. The van der Waals surface area contributed by atoms with Gasteiger partial charge in [0.05, 0.1) is 11.5 Å². The lowest BCUT2D eigenvalue weighted by molar-refractivity contribution is -0.384. The normalized spacial score (nSPS) is 10.8. The fourth-order valence-corrected chi connectivity index (χ4v) is 2.98. The van der Waals surface area contributed by atoms with Gasteiger partial charge in [-0.25, -0.2) is 9.59 Å². The molecule has 15 heteroatoms. The Hall–Kier alpha value is -5.21. The number of hydrogen-bond acceptors (Lipinski definition) is 9. The zero-order valence-corrected chi connectivity index (χ0v) is 20.0. The Balaban J connectivity index is 1.88. The summed E-state index contributed by atoms with van der Waals surface area (Å²) in [5.41, 5.74) is 5.83. The van der Waals surface area contributed by atoms with Gasteiger partial charge in [0, 0.05) is 24.4 Å². The van der Waals surface area contributed by atoms with Gasteiger partial charge in [0.1, 0.15) is 18.4 Å². The third-order valence-corrected chi connectivity index (χ3v) is 4.79. The molecule has 0 bridgehead atoms. The third-order valence-electron chi connectivity index (χ3n) is 4.79. The van der Waals surface area contributed by atoms with Crippen LogP contribution in [0.2, 0.25) is 0 Å². The van der Waals surface area contributed by atoms with Crippen molar-refractivity contribution in [3.05, 3.63) is 64.2 Å². The molecule has 0 fully saturated rings. The number of anilines is 1. The molecule has 38 heavy (non-hydrogen) atoms. The van der Waals surface area contributed by atoms with E-state index in [1.54, 1.807) is 24.3 Å². The zero-order valence-electron chi connectivity index (χ0n) is 20.0. The number of nitrogens with zero attached hydrogens (tertiary/aromatic N) is 1. The Labute approximate surface area is 216 Å². The first-order valence-electron chi connectivity index (χ1n) is 11.2. The SMILES string of the molecule is NC(=O)NCCCC(NC(=O)CNC=O)C(=O)Nc1ccc(COC(=O)Oc2ccc([N+](=O)[O-])cc2)cc1. The van der Waals surface area contributed by atoms with E-state index in [0.717, 1.165) is 0 Å². The first-order chi connectivity index (χ1) is 18.2. The summed E-state index contributed by atoms with van der Waals surface area (Å²) >= 11 is 0. The second-order valence-corrected chi connectivity index (χ2v) is 7.63. The van der Waals surface area contributed by atoms with Crippen molar-refractivity contribution in [1.29, 1.82) is 0 Å². The molecule has 0 aliphatic carbocycles. The van der Waals surface area contributed by atoms with Gasteiger partial charge in [-0.15, -0.1) is 0 Å².